The van der Waals surface area contributed by atoms with Gasteiger partial charge in [-0.05, 0) is 42.9 Å². The fraction of sp³-hybridized carbons (Fsp3) is 0.600. The first kappa shape index (κ1) is 14.9. The van der Waals surface area contributed by atoms with Crippen LogP contribution in [0.25, 0.3) is 0 Å². The van der Waals surface area contributed by atoms with Crippen LogP contribution in [-0.2, 0) is 6.54 Å². The zero-order chi connectivity index (χ0) is 14.8. The summed E-state index contributed by atoms with van der Waals surface area (Å²) in [4.78, 5) is 12.2. The minimum Gasteiger partial charge on any atom is -0.299 e. The minimum atomic E-state index is -0.746. The predicted molar refractivity (Wildman–Crippen MR) is 76.0 cm³/mol. The average molecular weight is 280 g/mol. The largest absolute Gasteiger partial charge is 0.304 e. The normalized spacial score (nSPS) is 18.4. The number of hydrogen-bond acceptors (Lipinski definition) is 3. The fourth-order valence-electron chi connectivity index (χ4n) is 3.04. The Morgan fingerprint density at radius 3 is 2.60 bits per heavy atom. The highest BCUT2D eigenvalue weighted by Crippen LogP contribution is 2.37. The van der Waals surface area contributed by atoms with Gasteiger partial charge in [0.25, 0.3) is 0 Å². The zero-order valence-electron chi connectivity index (χ0n) is 12.1. The van der Waals surface area contributed by atoms with Crippen LogP contribution >= 0.6 is 0 Å². The van der Waals surface area contributed by atoms with E-state index in [1.165, 1.54) is 18.6 Å². The van der Waals surface area contributed by atoms with Crippen LogP contribution in [0.5, 0.6) is 0 Å². The molecule has 0 radical (unpaired) electrons. The highest BCUT2D eigenvalue weighted by Gasteiger charge is 2.34. The van der Waals surface area contributed by atoms with Crippen LogP contribution in [0.15, 0.2) is 18.2 Å². The van der Waals surface area contributed by atoms with Crippen molar-refractivity contribution in [2.24, 2.45) is 5.41 Å². The first-order valence-electron chi connectivity index (χ1n) is 7.15. The lowest BCUT2D eigenvalue weighted by molar-refractivity contribution is -0.387. The molecule has 110 valence electrons. The molecule has 0 bridgehead atoms. The van der Waals surface area contributed by atoms with Gasteiger partial charge in [-0.3, -0.25) is 15.0 Å². The van der Waals surface area contributed by atoms with Gasteiger partial charge in [0.1, 0.15) is 0 Å². The van der Waals surface area contributed by atoms with Gasteiger partial charge in [-0.25, -0.2) is 0 Å². The average Bonchev–Trinajstić information content (AvgIpc) is 2.82. The molecule has 0 unspecified atom stereocenters. The molecule has 0 aliphatic carbocycles. The summed E-state index contributed by atoms with van der Waals surface area (Å²) in [5, 5.41) is 10.6. The number of likely N-dealkylation sites (tertiary alicyclic amines) is 1. The van der Waals surface area contributed by atoms with Crippen LogP contribution in [0.2, 0.25) is 0 Å². The molecule has 0 saturated carbocycles. The monoisotopic (exact) mass is 280 g/mol. The van der Waals surface area contributed by atoms with E-state index in [2.05, 4.69) is 18.7 Å². The van der Waals surface area contributed by atoms with Crippen molar-refractivity contribution in [1.82, 2.24) is 4.90 Å². The van der Waals surface area contributed by atoms with Crippen LogP contribution < -0.4 is 0 Å². The minimum absolute atomic E-state index is 0.388. The van der Waals surface area contributed by atoms with Crippen molar-refractivity contribution >= 4 is 5.69 Å². The molecule has 1 fully saturated rings. The molecule has 1 heterocycles. The number of nitrogens with zero attached hydrogens (tertiary/aromatic N) is 2. The third-order valence-corrected chi connectivity index (χ3v) is 4.63. The topological polar surface area (TPSA) is 46.4 Å². The summed E-state index contributed by atoms with van der Waals surface area (Å²) in [7, 11) is 0. The van der Waals surface area contributed by atoms with E-state index in [1.807, 2.05) is 0 Å². The summed E-state index contributed by atoms with van der Waals surface area (Å²) in [5.74, 6) is -0.746. The van der Waals surface area contributed by atoms with E-state index in [1.54, 1.807) is 6.07 Å². The maximum Gasteiger partial charge on any atom is 0.304 e. The second-order valence-electron chi connectivity index (χ2n) is 5.71. The molecular formula is C15H21FN2O2. The summed E-state index contributed by atoms with van der Waals surface area (Å²) in [5.41, 5.74) is 0.738. The summed E-state index contributed by atoms with van der Waals surface area (Å²) in [6.07, 6.45) is 3.50. The van der Waals surface area contributed by atoms with Gasteiger partial charge in [0.2, 0.25) is 5.82 Å². The Morgan fingerprint density at radius 2 is 2.10 bits per heavy atom. The van der Waals surface area contributed by atoms with Crippen molar-refractivity contribution in [3.8, 4) is 0 Å². The third-order valence-electron chi connectivity index (χ3n) is 4.63. The van der Waals surface area contributed by atoms with Crippen molar-refractivity contribution in [1.29, 1.82) is 0 Å². The van der Waals surface area contributed by atoms with Crippen LogP contribution in [0.1, 0.15) is 38.7 Å². The van der Waals surface area contributed by atoms with E-state index in [0.717, 1.165) is 31.5 Å². The Hall–Kier alpha value is -1.49. The highest BCUT2D eigenvalue weighted by molar-refractivity contribution is 5.35. The number of nitro benzene ring substituents is 1. The van der Waals surface area contributed by atoms with Crippen LogP contribution in [0.4, 0.5) is 10.1 Å². The Kier molecular flexibility index (Phi) is 4.38. The molecule has 20 heavy (non-hydrogen) atoms. The number of hydrogen-bond donors (Lipinski definition) is 0. The van der Waals surface area contributed by atoms with Crippen LogP contribution in [-0.4, -0.2) is 22.9 Å². The summed E-state index contributed by atoms with van der Waals surface area (Å²) < 4.78 is 13.6. The molecule has 0 aromatic heterocycles. The second kappa shape index (κ2) is 5.87. The number of benzene rings is 1. The van der Waals surface area contributed by atoms with Crippen molar-refractivity contribution in [3.63, 3.8) is 0 Å². The predicted octanol–water partition coefficient (Wildman–Crippen LogP) is 3.75. The Labute approximate surface area is 118 Å². The quantitative estimate of drug-likeness (QED) is 0.609. The Morgan fingerprint density at radius 1 is 1.40 bits per heavy atom. The first-order chi connectivity index (χ1) is 9.49. The number of halogens is 1. The molecule has 5 heteroatoms. The van der Waals surface area contributed by atoms with Gasteiger partial charge in [0.15, 0.2) is 0 Å². The SMILES string of the molecule is CCC1(CC)CCN(Cc2ccc([N+](=O)[O-])c(F)c2)C1. The van der Waals surface area contributed by atoms with Crippen molar-refractivity contribution in [3.05, 3.63) is 39.7 Å². The van der Waals surface area contributed by atoms with Gasteiger partial charge >= 0.3 is 5.69 Å². The molecule has 1 aromatic rings. The van der Waals surface area contributed by atoms with Gasteiger partial charge in [-0.2, -0.15) is 4.39 Å². The van der Waals surface area contributed by atoms with Crippen molar-refractivity contribution in [2.45, 2.75) is 39.7 Å². The van der Waals surface area contributed by atoms with E-state index < -0.39 is 16.4 Å². The molecule has 1 saturated heterocycles. The van der Waals surface area contributed by atoms with E-state index in [-0.39, 0.29) is 0 Å². The second-order valence-corrected chi connectivity index (χ2v) is 5.71. The molecule has 0 spiro atoms. The standard InChI is InChI=1S/C15H21FN2O2/c1-3-15(4-2)7-8-17(11-15)10-12-5-6-14(18(19)20)13(16)9-12/h5-6,9H,3-4,7-8,10-11H2,1-2H3. The zero-order valence-corrected chi connectivity index (χ0v) is 12.1. The fourth-order valence-corrected chi connectivity index (χ4v) is 3.04. The Balaban J connectivity index is 2.05. The molecule has 2 rings (SSSR count). The lowest BCUT2D eigenvalue weighted by Gasteiger charge is -2.26. The molecular weight excluding hydrogens is 259 g/mol. The third kappa shape index (κ3) is 2.98. The van der Waals surface area contributed by atoms with Crippen LogP contribution in [0.3, 0.4) is 0 Å². The smallest absolute Gasteiger partial charge is 0.299 e. The van der Waals surface area contributed by atoms with Gasteiger partial charge in [0.05, 0.1) is 4.92 Å². The molecule has 1 aromatic carbocycles. The van der Waals surface area contributed by atoms with E-state index in [4.69, 9.17) is 0 Å². The van der Waals surface area contributed by atoms with Crippen molar-refractivity contribution in [2.75, 3.05) is 13.1 Å². The lowest BCUT2D eigenvalue weighted by atomic mass is 9.82. The van der Waals surface area contributed by atoms with E-state index in [0.29, 0.717) is 12.0 Å². The van der Waals surface area contributed by atoms with Crippen LogP contribution in [0, 0.1) is 21.3 Å². The Bertz CT molecular complexity index is 501. The number of rotatable bonds is 5. The molecule has 0 atom stereocenters. The van der Waals surface area contributed by atoms with E-state index in [9.17, 15) is 14.5 Å². The summed E-state index contributed by atoms with van der Waals surface area (Å²) in [6, 6.07) is 4.20. The maximum atomic E-state index is 13.6. The van der Waals surface area contributed by atoms with Crippen molar-refractivity contribution < 1.29 is 9.31 Å². The number of nitro groups is 1. The molecule has 0 amide bonds. The lowest BCUT2D eigenvalue weighted by Crippen LogP contribution is -2.26. The highest BCUT2D eigenvalue weighted by atomic mass is 19.1. The van der Waals surface area contributed by atoms with Gasteiger partial charge < -0.3 is 0 Å². The first-order valence-corrected chi connectivity index (χ1v) is 7.15. The molecule has 0 N–H and O–H groups in total. The summed E-state index contributed by atoms with van der Waals surface area (Å²) in [6.45, 7) is 7.15. The maximum absolute atomic E-state index is 13.6. The van der Waals surface area contributed by atoms with Gasteiger partial charge in [-0.15, -0.1) is 0 Å². The van der Waals surface area contributed by atoms with E-state index >= 15 is 0 Å². The summed E-state index contributed by atoms with van der Waals surface area (Å²) >= 11 is 0. The molecule has 1 aliphatic rings. The van der Waals surface area contributed by atoms with Gasteiger partial charge in [0, 0.05) is 19.2 Å². The van der Waals surface area contributed by atoms with Gasteiger partial charge in [-0.1, -0.05) is 19.9 Å². The molecule has 4 nitrogen and oxygen atoms in total. The molecule has 1 aliphatic heterocycles.